The molecule has 0 atom stereocenters. The first-order chi connectivity index (χ1) is 14.8. The van der Waals surface area contributed by atoms with Crippen LogP contribution in [0.1, 0.15) is 20.8 Å². The van der Waals surface area contributed by atoms with Crippen molar-refractivity contribution in [2.75, 3.05) is 16.0 Å². The van der Waals surface area contributed by atoms with Crippen LogP contribution in [0.15, 0.2) is 82.6 Å². The first-order valence-corrected chi connectivity index (χ1v) is 10.1. The maximum Gasteiger partial charge on any atom is 0.253 e. The van der Waals surface area contributed by atoms with E-state index < -0.39 is 10.9 Å². The van der Waals surface area contributed by atoms with Crippen molar-refractivity contribution in [1.29, 1.82) is 0 Å². The Kier molecular flexibility index (Phi) is 5.29. The van der Waals surface area contributed by atoms with Crippen molar-refractivity contribution in [1.82, 2.24) is 4.98 Å². The molecule has 0 unspecified atom stereocenters. The van der Waals surface area contributed by atoms with Gasteiger partial charge in [0.1, 0.15) is 11.4 Å². The van der Waals surface area contributed by atoms with Crippen LogP contribution in [0.2, 0.25) is 0 Å². The topological polar surface area (TPSA) is 83.1 Å². The molecule has 0 saturated carbocycles. The van der Waals surface area contributed by atoms with Crippen LogP contribution < -0.4 is 26.8 Å². The van der Waals surface area contributed by atoms with Crippen molar-refractivity contribution in [3.05, 3.63) is 93.5 Å². The molecule has 31 heavy (non-hydrogen) atoms. The second kappa shape index (κ2) is 8.07. The third-order valence-corrected chi connectivity index (χ3v) is 4.73. The molecule has 1 heterocycles. The molecule has 3 N–H and O–H groups in total. The molecule has 0 spiro atoms. The SMILES string of the molecule is CC(C)(C)Nc1c(Nc2cccc(Nc3ccc(-c4ccncc4)cc3)c2)c(=O)c1=O. The molecule has 0 aliphatic carbocycles. The molecule has 0 amide bonds. The molecule has 6 heteroatoms. The Hall–Kier alpha value is -3.93. The number of rotatable bonds is 6. The lowest BCUT2D eigenvalue weighted by Gasteiger charge is -2.25. The van der Waals surface area contributed by atoms with Crippen LogP contribution in [0.5, 0.6) is 0 Å². The second-order valence-corrected chi connectivity index (χ2v) is 8.43. The Balaban J connectivity index is 1.49. The molecule has 0 fully saturated rings. The van der Waals surface area contributed by atoms with Crippen LogP contribution in [0.25, 0.3) is 11.1 Å². The number of hydrogen-bond acceptors (Lipinski definition) is 6. The third kappa shape index (κ3) is 4.64. The molecule has 0 radical (unpaired) electrons. The van der Waals surface area contributed by atoms with Crippen LogP contribution >= 0.6 is 0 Å². The summed E-state index contributed by atoms with van der Waals surface area (Å²) in [5, 5.41) is 9.56. The molecule has 156 valence electrons. The van der Waals surface area contributed by atoms with Gasteiger partial charge in [0.05, 0.1) is 0 Å². The smallest absolute Gasteiger partial charge is 0.253 e. The van der Waals surface area contributed by atoms with E-state index in [9.17, 15) is 9.59 Å². The van der Waals surface area contributed by atoms with Gasteiger partial charge < -0.3 is 16.0 Å². The molecule has 1 aromatic heterocycles. The van der Waals surface area contributed by atoms with E-state index in [0.717, 1.165) is 28.2 Å². The summed E-state index contributed by atoms with van der Waals surface area (Å²) in [6.45, 7) is 5.83. The van der Waals surface area contributed by atoms with Gasteiger partial charge >= 0.3 is 0 Å². The number of nitrogens with zero attached hydrogens (tertiary/aromatic N) is 1. The van der Waals surface area contributed by atoms with Crippen molar-refractivity contribution in [2.45, 2.75) is 26.3 Å². The maximum atomic E-state index is 12.1. The fourth-order valence-corrected chi connectivity index (χ4v) is 3.28. The zero-order valence-corrected chi connectivity index (χ0v) is 17.7. The first-order valence-electron chi connectivity index (χ1n) is 10.1. The van der Waals surface area contributed by atoms with Crippen LogP contribution in [0.3, 0.4) is 0 Å². The molecule has 4 aromatic rings. The summed E-state index contributed by atoms with van der Waals surface area (Å²) < 4.78 is 0. The van der Waals surface area contributed by atoms with E-state index >= 15 is 0 Å². The van der Waals surface area contributed by atoms with E-state index in [1.807, 2.05) is 81.4 Å². The molecule has 3 aromatic carbocycles. The van der Waals surface area contributed by atoms with Gasteiger partial charge in [-0.05, 0) is 74.4 Å². The summed E-state index contributed by atoms with van der Waals surface area (Å²) in [4.78, 5) is 28.1. The van der Waals surface area contributed by atoms with Gasteiger partial charge in [-0.2, -0.15) is 0 Å². The minimum Gasteiger partial charge on any atom is -0.375 e. The zero-order chi connectivity index (χ0) is 22.0. The fraction of sp³-hybridized carbons (Fsp3) is 0.160. The quantitative estimate of drug-likeness (QED) is 0.385. The summed E-state index contributed by atoms with van der Waals surface area (Å²) >= 11 is 0. The predicted octanol–water partition coefficient (Wildman–Crippen LogP) is 5.04. The van der Waals surface area contributed by atoms with E-state index in [1.54, 1.807) is 12.4 Å². The van der Waals surface area contributed by atoms with Crippen LogP contribution in [-0.4, -0.2) is 10.5 Å². The molecule has 0 bridgehead atoms. The van der Waals surface area contributed by atoms with Gasteiger partial charge in [0.15, 0.2) is 0 Å². The Morgan fingerprint density at radius 2 is 1.26 bits per heavy atom. The van der Waals surface area contributed by atoms with Crippen molar-refractivity contribution >= 4 is 28.4 Å². The number of benzene rings is 2. The lowest BCUT2D eigenvalue weighted by Crippen LogP contribution is -2.41. The lowest BCUT2D eigenvalue weighted by molar-refractivity contribution is 0.632. The number of hydrogen-bond donors (Lipinski definition) is 3. The molecule has 0 saturated heterocycles. The lowest BCUT2D eigenvalue weighted by atomic mass is 10.1. The third-order valence-electron chi connectivity index (χ3n) is 4.73. The van der Waals surface area contributed by atoms with Crippen LogP contribution in [0, 0.1) is 0 Å². The average Bonchev–Trinajstić information content (AvgIpc) is 2.76. The van der Waals surface area contributed by atoms with E-state index in [-0.39, 0.29) is 5.54 Å². The van der Waals surface area contributed by atoms with Gasteiger partial charge in [0, 0.05) is 35.0 Å². The summed E-state index contributed by atoms with van der Waals surface area (Å²) in [6, 6.07) is 19.7. The number of anilines is 5. The Morgan fingerprint density at radius 3 is 1.90 bits per heavy atom. The summed E-state index contributed by atoms with van der Waals surface area (Å²) in [5.74, 6) is 0. The number of aromatic nitrogens is 1. The van der Waals surface area contributed by atoms with Crippen molar-refractivity contribution in [2.24, 2.45) is 0 Å². The van der Waals surface area contributed by atoms with E-state index in [0.29, 0.717) is 11.4 Å². The molecule has 4 rings (SSSR count). The molecule has 6 nitrogen and oxygen atoms in total. The Bertz CT molecular complexity index is 1270. The standard InChI is InChI=1S/C25H24N4O2/c1-25(2,3)29-22-21(23(30)24(22)31)28-20-6-4-5-19(15-20)27-18-9-7-16(8-10-18)17-11-13-26-14-12-17/h4-15,27-29H,1-3H3. The van der Waals surface area contributed by atoms with Crippen molar-refractivity contribution in [3.63, 3.8) is 0 Å². The van der Waals surface area contributed by atoms with Gasteiger partial charge in [-0.25, -0.2) is 0 Å². The number of nitrogens with one attached hydrogen (secondary N) is 3. The van der Waals surface area contributed by atoms with Gasteiger partial charge in [0.25, 0.3) is 10.9 Å². The van der Waals surface area contributed by atoms with Crippen molar-refractivity contribution in [3.8, 4) is 11.1 Å². The molecule has 0 aliphatic heterocycles. The molecular formula is C25H24N4O2. The van der Waals surface area contributed by atoms with Crippen LogP contribution in [-0.2, 0) is 0 Å². The second-order valence-electron chi connectivity index (χ2n) is 8.43. The van der Waals surface area contributed by atoms with Gasteiger partial charge in [-0.15, -0.1) is 0 Å². The highest BCUT2D eigenvalue weighted by Crippen LogP contribution is 2.27. The Labute approximate surface area is 180 Å². The molecular weight excluding hydrogens is 388 g/mol. The van der Waals surface area contributed by atoms with Gasteiger partial charge in [-0.1, -0.05) is 18.2 Å². The summed E-state index contributed by atoms with van der Waals surface area (Å²) in [7, 11) is 0. The number of pyridine rings is 1. The van der Waals surface area contributed by atoms with E-state index in [2.05, 4.69) is 20.9 Å². The summed E-state index contributed by atoms with van der Waals surface area (Å²) in [5.41, 5.74) is 4.10. The minimum absolute atomic E-state index is 0.304. The van der Waals surface area contributed by atoms with E-state index in [1.165, 1.54) is 0 Å². The van der Waals surface area contributed by atoms with E-state index in [4.69, 9.17) is 0 Å². The van der Waals surface area contributed by atoms with Gasteiger partial charge in [0.2, 0.25) is 0 Å². The van der Waals surface area contributed by atoms with Crippen LogP contribution in [0.4, 0.5) is 28.4 Å². The largest absolute Gasteiger partial charge is 0.375 e. The highest BCUT2D eigenvalue weighted by atomic mass is 16.2. The maximum absolute atomic E-state index is 12.1. The zero-order valence-electron chi connectivity index (χ0n) is 17.7. The highest BCUT2D eigenvalue weighted by Gasteiger charge is 2.24. The van der Waals surface area contributed by atoms with Gasteiger partial charge in [-0.3, -0.25) is 14.6 Å². The molecule has 0 aliphatic rings. The Morgan fingerprint density at radius 1 is 0.677 bits per heavy atom. The van der Waals surface area contributed by atoms with Crippen molar-refractivity contribution < 1.29 is 0 Å². The minimum atomic E-state index is -0.503. The first kappa shape index (κ1) is 20.3. The summed E-state index contributed by atoms with van der Waals surface area (Å²) in [6.07, 6.45) is 3.55. The monoisotopic (exact) mass is 412 g/mol. The fourth-order valence-electron chi connectivity index (χ4n) is 3.28. The average molecular weight is 412 g/mol. The highest BCUT2D eigenvalue weighted by molar-refractivity contribution is 5.80. The normalized spacial score (nSPS) is 11.3. The predicted molar refractivity (Wildman–Crippen MR) is 127 cm³/mol.